The van der Waals surface area contributed by atoms with Gasteiger partial charge in [-0.1, -0.05) is 6.07 Å². The number of phenolic OH excluding ortho intramolecular Hbond substituents is 1. The molecule has 6 nitrogen and oxygen atoms in total. The summed E-state index contributed by atoms with van der Waals surface area (Å²) in [5.74, 6) is 0.309. The first-order valence-electron chi connectivity index (χ1n) is 5.41. The van der Waals surface area contributed by atoms with Gasteiger partial charge in [0, 0.05) is 24.7 Å². The summed E-state index contributed by atoms with van der Waals surface area (Å²) in [7, 11) is 1.73. The van der Waals surface area contributed by atoms with Crippen LogP contribution in [0.15, 0.2) is 30.5 Å². The lowest BCUT2D eigenvalue weighted by Gasteiger charge is -2.05. The molecule has 1 aromatic heterocycles. The summed E-state index contributed by atoms with van der Waals surface area (Å²) < 4.78 is 1.54. The summed E-state index contributed by atoms with van der Waals surface area (Å²) in [6, 6.07) is 6.15. The summed E-state index contributed by atoms with van der Waals surface area (Å²) in [6.07, 6.45) is 1.61. The van der Waals surface area contributed by atoms with Crippen LogP contribution in [0.3, 0.4) is 0 Å². The number of amides is 1. The van der Waals surface area contributed by atoms with Gasteiger partial charge in [-0.25, -0.2) is 0 Å². The van der Waals surface area contributed by atoms with Crippen molar-refractivity contribution in [3.63, 3.8) is 0 Å². The highest BCUT2D eigenvalue weighted by Gasteiger charge is 2.08. The fraction of sp³-hybridized carbons (Fsp3) is 0.167. The fourth-order valence-electron chi connectivity index (χ4n) is 1.55. The molecule has 1 heterocycles. The van der Waals surface area contributed by atoms with Crippen LogP contribution < -0.4 is 11.1 Å². The first-order chi connectivity index (χ1) is 8.58. The fourth-order valence-corrected chi connectivity index (χ4v) is 1.55. The maximum Gasteiger partial charge on any atom is 0.251 e. The van der Waals surface area contributed by atoms with E-state index in [1.165, 1.54) is 16.8 Å². The molecule has 0 atom stereocenters. The summed E-state index contributed by atoms with van der Waals surface area (Å²) in [6.45, 7) is 0.300. The second-order valence-electron chi connectivity index (χ2n) is 3.91. The Morgan fingerprint density at radius 3 is 2.94 bits per heavy atom. The Bertz CT molecular complexity index is 577. The van der Waals surface area contributed by atoms with Crippen LogP contribution in [0.4, 0.5) is 5.82 Å². The van der Waals surface area contributed by atoms with Crippen LogP contribution in [-0.2, 0) is 13.6 Å². The van der Waals surface area contributed by atoms with Crippen LogP contribution >= 0.6 is 0 Å². The van der Waals surface area contributed by atoms with Crippen molar-refractivity contribution in [2.45, 2.75) is 6.54 Å². The zero-order valence-corrected chi connectivity index (χ0v) is 9.92. The van der Waals surface area contributed by atoms with Crippen LogP contribution in [-0.4, -0.2) is 20.8 Å². The molecule has 0 fully saturated rings. The SMILES string of the molecule is Cn1ncc(CNC(=O)c2cccc(O)c2)c1N. The highest BCUT2D eigenvalue weighted by molar-refractivity contribution is 5.94. The van der Waals surface area contributed by atoms with Crippen molar-refractivity contribution in [3.05, 3.63) is 41.6 Å². The summed E-state index contributed by atoms with van der Waals surface area (Å²) in [5, 5.41) is 16.0. The smallest absolute Gasteiger partial charge is 0.251 e. The van der Waals surface area contributed by atoms with Gasteiger partial charge in [0.1, 0.15) is 11.6 Å². The Morgan fingerprint density at radius 1 is 1.56 bits per heavy atom. The van der Waals surface area contributed by atoms with Crippen molar-refractivity contribution in [2.75, 3.05) is 5.73 Å². The average Bonchev–Trinajstić information content (AvgIpc) is 2.67. The van der Waals surface area contributed by atoms with Crippen molar-refractivity contribution in [1.29, 1.82) is 0 Å². The Morgan fingerprint density at radius 2 is 2.33 bits per heavy atom. The molecule has 18 heavy (non-hydrogen) atoms. The largest absolute Gasteiger partial charge is 0.508 e. The third kappa shape index (κ3) is 2.42. The second-order valence-corrected chi connectivity index (χ2v) is 3.91. The van der Waals surface area contributed by atoms with Crippen molar-refractivity contribution in [3.8, 4) is 5.75 Å². The van der Waals surface area contributed by atoms with Crippen LogP contribution in [0.2, 0.25) is 0 Å². The predicted octanol–water partition coefficient (Wildman–Crippen LogP) is 0.638. The molecule has 1 amide bonds. The lowest BCUT2D eigenvalue weighted by atomic mass is 10.2. The number of anilines is 1. The van der Waals surface area contributed by atoms with Gasteiger partial charge in [-0.05, 0) is 18.2 Å². The minimum Gasteiger partial charge on any atom is -0.508 e. The molecular weight excluding hydrogens is 232 g/mol. The third-order valence-corrected chi connectivity index (χ3v) is 2.61. The maximum atomic E-state index is 11.8. The number of aryl methyl sites for hydroxylation is 1. The van der Waals surface area contributed by atoms with Gasteiger partial charge in [-0.3, -0.25) is 9.48 Å². The molecule has 0 radical (unpaired) electrons. The van der Waals surface area contributed by atoms with E-state index in [4.69, 9.17) is 5.73 Å². The number of carbonyl (C=O) groups is 1. The van der Waals surface area contributed by atoms with Crippen LogP contribution in [0.5, 0.6) is 5.75 Å². The van der Waals surface area contributed by atoms with E-state index in [1.807, 2.05) is 0 Å². The molecule has 0 saturated carbocycles. The number of hydrogen-bond acceptors (Lipinski definition) is 4. The number of aromatic hydroxyl groups is 1. The lowest BCUT2D eigenvalue weighted by molar-refractivity contribution is 0.0950. The van der Waals surface area contributed by atoms with E-state index in [1.54, 1.807) is 25.4 Å². The van der Waals surface area contributed by atoms with Gasteiger partial charge in [-0.15, -0.1) is 0 Å². The average molecular weight is 246 g/mol. The quantitative estimate of drug-likeness (QED) is 0.740. The molecule has 4 N–H and O–H groups in total. The van der Waals surface area contributed by atoms with E-state index < -0.39 is 0 Å². The molecule has 94 valence electrons. The molecular formula is C12H14N4O2. The van der Waals surface area contributed by atoms with Gasteiger partial charge < -0.3 is 16.2 Å². The van der Waals surface area contributed by atoms with Gasteiger partial charge in [0.05, 0.1) is 6.20 Å². The molecule has 0 spiro atoms. The van der Waals surface area contributed by atoms with Crippen molar-refractivity contribution in [2.24, 2.45) is 7.05 Å². The zero-order valence-electron chi connectivity index (χ0n) is 9.92. The zero-order chi connectivity index (χ0) is 13.1. The Labute approximate surface area is 104 Å². The number of carbonyl (C=O) groups excluding carboxylic acids is 1. The maximum absolute atomic E-state index is 11.8. The van der Waals surface area contributed by atoms with E-state index in [9.17, 15) is 9.90 Å². The lowest BCUT2D eigenvalue weighted by Crippen LogP contribution is -2.23. The minimum absolute atomic E-state index is 0.0588. The van der Waals surface area contributed by atoms with Crippen LogP contribution in [0.1, 0.15) is 15.9 Å². The second kappa shape index (κ2) is 4.79. The molecule has 0 aliphatic rings. The van der Waals surface area contributed by atoms with Crippen molar-refractivity contribution < 1.29 is 9.90 Å². The number of hydrogen-bond donors (Lipinski definition) is 3. The summed E-state index contributed by atoms with van der Waals surface area (Å²) in [5.41, 5.74) is 6.92. The molecule has 0 aliphatic carbocycles. The molecule has 2 aromatic rings. The van der Waals surface area contributed by atoms with E-state index in [0.717, 1.165) is 5.56 Å². The van der Waals surface area contributed by atoms with Gasteiger partial charge in [-0.2, -0.15) is 5.10 Å². The Hall–Kier alpha value is -2.50. The van der Waals surface area contributed by atoms with Gasteiger partial charge >= 0.3 is 0 Å². The van der Waals surface area contributed by atoms with Crippen LogP contribution in [0.25, 0.3) is 0 Å². The number of nitrogens with one attached hydrogen (secondary N) is 1. The molecule has 6 heteroatoms. The van der Waals surface area contributed by atoms with Crippen molar-refractivity contribution in [1.82, 2.24) is 15.1 Å². The Kier molecular flexibility index (Phi) is 3.18. The van der Waals surface area contributed by atoms with Gasteiger partial charge in [0.2, 0.25) is 0 Å². The molecule has 0 unspecified atom stereocenters. The molecule has 2 rings (SSSR count). The topological polar surface area (TPSA) is 93.2 Å². The first-order valence-corrected chi connectivity index (χ1v) is 5.41. The number of aromatic nitrogens is 2. The molecule has 0 aliphatic heterocycles. The van der Waals surface area contributed by atoms with E-state index in [0.29, 0.717) is 17.9 Å². The van der Waals surface area contributed by atoms with Crippen LogP contribution in [0, 0.1) is 0 Å². The predicted molar refractivity (Wildman–Crippen MR) is 66.9 cm³/mol. The molecule has 0 saturated heterocycles. The minimum atomic E-state index is -0.269. The summed E-state index contributed by atoms with van der Waals surface area (Å²) >= 11 is 0. The standard InChI is InChI=1S/C12H14N4O2/c1-16-11(13)9(7-15-16)6-14-12(18)8-3-2-4-10(17)5-8/h2-5,7,17H,6,13H2,1H3,(H,14,18). The Balaban J connectivity index is 2.03. The summed E-state index contributed by atoms with van der Waals surface area (Å²) in [4.78, 5) is 11.8. The van der Waals surface area contributed by atoms with E-state index in [2.05, 4.69) is 10.4 Å². The number of nitrogen functional groups attached to an aromatic ring is 1. The molecule has 1 aromatic carbocycles. The highest BCUT2D eigenvalue weighted by Crippen LogP contribution is 2.12. The normalized spacial score (nSPS) is 10.3. The van der Waals surface area contributed by atoms with Gasteiger partial charge in [0.15, 0.2) is 0 Å². The van der Waals surface area contributed by atoms with Crippen molar-refractivity contribution >= 4 is 11.7 Å². The van der Waals surface area contributed by atoms with E-state index in [-0.39, 0.29) is 11.7 Å². The monoisotopic (exact) mass is 246 g/mol. The van der Waals surface area contributed by atoms with Gasteiger partial charge in [0.25, 0.3) is 5.91 Å². The number of phenols is 1. The number of nitrogens with two attached hydrogens (primary N) is 1. The number of rotatable bonds is 3. The molecule has 0 bridgehead atoms. The first kappa shape index (κ1) is 12.0. The van der Waals surface area contributed by atoms with E-state index >= 15 is 0 Å². The number of benzene rings is 1. The number of nitrogens with zero attached hydrogens (tertiary/aromatic N) is 2. The third-order valence-electron chi connectivity index (χ3n) is 2.61. The highest BCUT2D eigenvalue weighted by atomic mass is 16.3.